The fourth-order valence-corrected chi connectivity index (χ4v) is 3.37. The second kappa shape index (κ2) is 8.48. The molecule has 1 N–H and O–H groups in total. The Kier molecular flexibility index (Phi) is 6.03. The van der Waals surface area contributed by atoms with Gasteiger partial charge in [-0.25, -0.2) is 8.42 Å². The molecule has 0 aliphatic heterocycles. The molecule has 0 radical (unpaired) electrons. The van der Waals surface area contributed by atoms with Crippen LogP contribution < -0.4 is 10.1 Å². The maximum absolute atomic E-state index is 12.2. The van der Waals surface area contributed by atoms with Crippen LogP contribution in [0.15, 0.2) is 57.9 Å². The smallest absolute Gasteiger partial charge is 0.228 e. The third-order valence-electron chi connectivity index (χ3n) is 4.42. The van der Waals surface area contributed by atoms with Crippen LogP contribution in [0, 0.1) is 13.8 Å². The van der Waals surface area contributed by atoms with E-state index in [-0.39, 0.29) is 17.2 Å². The van der Waals surface area contributed by atoms with Gasteiger partial charge in [0, 0.05) is 11.9 Å². The number of nitrogens with one attached hydrogen (secondary N) is 1. The number of ether oxygens (including phenoxy) is 1. The number of hydrogen-bond donors (Lipinski definition) is 1. The number of amides is 1. The van der Waals surface area contributed by atoms with Gasteiger partial charge in [0.25, 0.3) is 0 Å². The Balaban J connectivity index is 1.54. The molecule has 0 atom stereocenters. The largest absolute Gasteiger partial charge is 0.489 e. The molecule has 0 unspecified atom stereocenters. The zero-order valence-corrected chi connectivity index (χ0v) is 17.2. The van der Waals surface area contributed by atoms with Crippen molar-refractivity contribution in [1.29, 1.82) is 0 Å². The average molecular weight is 414 g/mol. The summed E-state index contributed by atoms with van der Waals surface area (Å²) in [4.78, 5) is 12.4. The fourth-order valence-electron chi connectivity index (χ4n) is 2.74. The highest BCUT2D eigenvalue weighted by atomic mass is 32.2. The Labute approximate surface area is 169 Å². The Bertz CT molecular complexity index is 1080. The van der Waals surface area contributed by atoms with Crippen molar-refractivity contribution < 1.29 is 22.5 Å². The molecule has 0 fully saturated rings. The van der Waals surface area contributed by atoms with Crippen molar-refractivity contribution >= 4 is 21.4 Å². The van der Waals surface area contributed by atoms with E-state index in [9.17, 15) is 13.2 Å². The number of aromatic nitrogens is 1. The molecule has 7 nitrogen and oxygen atoms in total. The quantitative estimate of drug-likeness (QED) is 0.636. The van der Waals surface area contributed by atoms with Crippen LogP contribution in [-0.2, 0) is 27.7 Å². The summed E-state index contributed by atoms with van der Waals surface area (Å²) >= 11 is 0. The van der Waals surface area contributed by atoms with Gasteiger partial charge in [0.2, 0.25) is 5.91 Å². The number of anilines is 1. The zero-order valence-electron chi connectivity index (χ0n) is 16.4. The predicted octanol–water partition coefficient (Wildman–Crippen LogP) is 3.46. The normalized spacial score (nSPS) is 11.3. The lowest BCUT2D eigenvalue weighted by atomic mass is 10.1. The summed E-state index contributed by atoms with van der Waals surface area (Å²) in [6.45, 7) is 4.07. The highest BCUT2D eigenvalue weighted by molar-refractivity contribution is 7.90. The minimum absolute atomic E-state index is 0.192. The topological polar surface area (TPSA) is 98.5 Å². The van der Waals surface area contributed by atoms with Gasteiger partial charge >= 0.3 is 0 Å². The molecule has 0 aliphatic carbocycles. The molecule has 29 heavy (non-hydrogen) atoms. The molecule has 1 aromatic heterocycles. The molecule has 3 aromatic rings. The first kappa shape index (κ1) is 20.6. The maximum Gasteiger partial charge on any atom is 0.228 e. The zero-order chi connectivity index (χ0) is 21.0. The standard InChI is InChI=1S/C21H22N2O5S/c1-14-20(15(2)28-23-14)13-27-18-8-4-16(5-9-18)12-21(24)22-17-6-10-19(11-7-17)29(3,25)26/h4-11H,12-13H2,1-3H3,(H,22,24). The van der Waals surface area contributed by atoms with Gasteiger partial charge in [-0.3, -0.25) is 4.79 Å². The summed E-state index contributed by atoms with van der Waals surface area (Å²) < 4.78 is 33.8. The van der Waals surface area contributed by atoms with E-state index in [4.69, 9.17) is 9.26 Å². The molecule has 0 saturated carbocycles. The van der Waals surface area contributed by atoms with Gasteiger partial charge in [-0.15, -0.1) is 0 Å². The van der Waals surface area contributed by atoms with Crippen molar-refractivity contribution in [1.82, 2.24) is 5.16 Å². The minimum atomic E-state index is -3.26. The van der Waals surface area contributed by atoms with E-state index in [0.717, 1.165) is 28.8 Å². The lowest BCUT2D eigenvalue weighted by Crippen LogP contribution is -2.14. The van der Waals surface area contributed by atoms with Crippen molar-refractivity contribution in [3.63, 3.8) is 0 Å². The number of rotatable bonds is 7. The van der Waals surface area contributed by atoms with E-state index in [1.165, 1.54) is 12.1 Å². The van der Waals surface area contributed by atoms with E-state index in [2.05, 4.69) is 10.5 Å². The molecule has 0 spiro atoms. The highest BCUT2D eigenvalue weighted by Gasteiger charge is 2.10. The van der Waals surface area contributed by atoms with Crippen molar-refractivity contribution in [2.45, 2.75) is 31.8 Å². The summed E-state index contributed by atoms with van der Waals surface area (Å²) in [5, 5.41) is 6.65. The van der Waals surface area contributed by atoms with Crippen LogP contribution in [0.3, 0.4) is 0 Å². The monoisotopic (exact) mass is 414 g/mol. The highest BCUT2D eigenvalue weighted by Crippen LogP contribution is 2.19. The van der Waals surface area contributed by atoms with Gasteiger partial charge in [0.15, 0.2) is 9.84 Å². The van der Waals surface area contributed by atoms with Crippen molar-refractivity contribution in [2.24, 2.45) is 0 Å². The summed E-state index contributed by atoms with van der Waals surface area (Å²) in [6, 6.07) is 13.3. The van der Waals surface area contributed by atoms with Gasteiger partial charge in [0.05, 0.1) is 22.6 Å². The van der Waals surface area contributed by atoms with Crippen molar-refractivity contribution in [3.8, 4) is 5.75 Å². The van der Waals surface area contributed by atoms with E-state index < -0.39 is 9.84 Å². The SMILES string of the molecule is Cc1noc(C)c1COc1ccc(CC(=O)Nc2ccc(S(C)(=O)=O)cc2)cc1. The first-order chi connectivity index (χ1) is 13.7. The van der Waals surface area contributed by atoms with Crippen LogP contribution >= 0.6 is 0 Å². The summed E-state index contributed by atoms with van der Waals surface area (Å²) in [6.07, 6.45) is 1.33. The fraction of sp³-hybridized carbons (Fsp3) is 0.238. The summed E-state index contributed by atoms with van der Waals surface area (Å²) in [5.41, 5.74) is 3.11. The van der Waals surface area contributed by atoms with Gasteiger partial charge in [-0.05, 0) is 55.8 Å². The second-order valence-corrected chi connectivity index (χ2v) is 8.77. The maximum atomic E-state index is 12.2. The minimum Gasteiger partial charge on any atom is -0.489 e. The molecule has 0 bridgehead atoms. The van der Waals surface area contributed by atoms with E-state index >= 15 is 0 Å². The first-order valence-electron chi connectivity index (χ1n) is 8.96. The molecule has 8 heteroatoms. The Hall–Kier alpha value is -3.13. The molecule has 3 rings (SSSR count). The molecule has 0 saturated heterocycles. The van der Waals surface area contributed by atoms with Gasteiger partial charge in [0.1, 0.15) is 18.1 Å². The van der Waals surface area contributed by atoms with Crippen LogP contribution in [-0.4, -0.2) is 25.7 Å². The number of carbonyl (C=O) groups is 1. The molecule has 152 valence electrons. The predicted molar refractivity (Wildman–Crippen MR) is 109 cm³/mol. The van der Waals surface area contributed by atoms with Gasteiger partial charge in [-0.1, -0.05) is 17.3 Å². The van der Waals surface area contributed by atoms with Gasteiger partial charge < -0.3 is 14.6 Å². The Morgan fingerprint density at radius 3 is 2.28 bits per heavy atom. The molecule has 1 heterocycles. The van der Waals surface area contributed by atoms with Crippen LogP contribution in [0.1, 0.15) is 22.6 Å². The Morgan fingerprint density at radius 1 is 1.07 bits per heavy atom. The lowest BCUT2D eigenvalue weighted by Gasteiger charge is -2.08. The number of carbonyl (C=O) groups excluding carboxylic acids is 1. The van der Waals surface area contributed by atoms with E-state index in [0.29, 0.717) is 18.0 Å². The summed E-state index contributed by atoms with van der Waals surface area (Å²) in [7, 11) is -3.26. The molecule has 1 amide bonds. The third kappa shape index (κ3) is 5.45. The van der Waals surface area contributed by atoms with Crippen LogP contribution in [0.5, 0.6) is 5.75 Å². The number of nitrogens with zero attached hydrogens (tertiary/aromatic N) is 1. The molecule has 0 aliphatic rings. The Morgan fingerprint density at radius 2 is 1.72 bits per heavy atom. The van der Waals surface area contributed by atoms with E-state index in [1.54, 1.807) is 12.1 Å². The number of aryl methyl sites for hydroxylation is 2. The number of sulfone groups is 1. The number of benzene rings is 2. The average Bonchev–Trinajstić information content (AvgIpc) is 2.99. The molecular formula is C21H22N2O5S. The number of hydrogen-bond acceptors (Lipinski definition) is 6. The van der Waals surface area contributed by atoms with Crippen molar-refractivity contribution in [3.05, 3.63) is 71.1 Å². The molecule has 2 aromatic carbocycles. The van der Waals surface area contributed by atoms with Crippen molar-refractivity contribution in [2.75, 3.05) is 11.6 Å². The molecular weight excluding hydrogens is 392 g/mol. The second-order valence-electron chi connectivity index (χ2n) is 6.76. The van der Waals surface area contributed by atoms with Crippen LogP contribution in [0.4, 0.5) is 5.69 Å². The lowest BCUT2D eigenvalue weighted by molar-refractivity contribution is -0.115. The first-order valence-corrected chi connectivity index (χ1v) is 10.8. The van der Waals surface area contributed by atoms with E-state index in [1.807, 2.05) is 38.1 Å². The summed E-state index contributed by atoms with van der Waals surface area (Å²) in [5.74, 6) is 1.23. The van der Waals surface area contributed by atoms with Crippen LogP contribution in [0.25, 0.3) is 0 Å². The van der Waals surface area contributed by atoms with Crippen LogP contribution in [0.2, 0.25) is 0 Å². The van der Waals surface area contributed by atoms with Gasteiger partial charge in [-0.2, -0.15) is 0 Å². The third-order valence-corrected chi connectivity index (χ3v) is 5.55.